The highest BCUT2D eigenvalue weighted by Crippen LogP contribution is 2.38. The highest BCUT2D eigenvalue weighted by Gasteiger charge is 2.34. The summed E-state index contributed by atoms with van der Waals surface area (Å²) in [6.45, 7) is 0. The van der Waals surface area contributed by atoms with Crippen molar-refractivity contribution in [1.29, 1.82) is 0 Å². The van der Waals surface area contributed by atoms with E-state index >= 15 is 0 Å². The van der Waals surface area contributed by atoms with Gasteiger partial charge in [-0.1, -0.05) is 42.0 Å². The average Bonchev–Trinajstić information content (AvgIpc) is 2.57. The van der Waals surface area contributed by atoms with E-state index in [2.05, 4.69) is 12.2 Å². The van der Waals surface area contributed by atoms with Gasteiger partial charge in [-0.25, -0.2) is 0 Å². The Morgan fingerprint density at radius 2 is 1.91 bits per heavy atom. The highest BCUT2D eigenvalue weighted by molar-refractivity contribution is 6.10. The molecule has 2 aliphatic carbocycles. The van der Waals surface area contributed by atoms with Crippen molar-refractivity contribution >= 4 is 17.3 Å². The van der Waals surface area contributed by atoms with Gasteiger partial charge < -0.3 is 4.90 Å². The summed E-state index contributed by atoms with van der Waals surface area (Å²) in [7, 11) is 3.51. The molecule has 0 saturated heterocycles. The predicted molar refractivity (Wildman–Crippen MR) is 92.1 cm³/mol. The van der Waals surface area contributed by atoms with Crippen LogP contribution < -0.4 is 0 Å². The van der Waals surface area contributed by atoms with Crippen LogP contribution in [-0.2, 0) is 4.79 Å². The van der Waals surface area contributed by atoms with Crippen LogP contribution in [0, 0.1) is 5.92 Å². The van der Waals surface area contributed by atoms with Crippen LogP contribution in [0.1, 0.15) is 48.0 Å². The second-order valence-corrected chi connectivity index (χ2v) is 6.58. The van der Waals surface area contributed by atoms with Crippen molar-refractivity contribution in [3.63, 3.8) is 0 Å². The van der Waals surface area contributed by atoms with E-state index in [1.54, 1.807) is 19.0 Å². The largest absolute Gasteiger partial charge is 0.348 e. The second-order valence-electron chi connectivity index (χ2n) is 6.58. The zero-order valence-corrected chi connectivity index (χ0v) is 13.8. The molecule has 120 valence electrons. The third kappa shape index (κ3) is 3.14. The summed E-state index contributed by atoms with van der Waals surface area (Å²) in [6, 6.07) is 7.68. The molecule has 3 nitrogen and oxygen atoms in total. The molecule has 0 unspecified atom stereocenters. The number of carbonyl (C=O) groups excluding carboxylic acids is 2. The Hall–Kier alpha value is -2.16. The number of allylic oxidation sites excluding steroid dienone is 3. The predicted octanol–water partition coefficient (Wildman–Crippen LogP) is 3.86. The summed E-state index contributed by atoms with van der Waals surface area (Å²) in [5.41, 5.74) is 3.98. The molecule has 0 radical (unpaired) electrons. The lowest BCUT2D eigenvalue weighted by Crippen LogP contribution is -2.34. The quantitative estimate of drug-likeness (QED) is 0.832. The summed E-state index contributed by atoms with van der Waals surface area (Å²) in [4.78, 5) is 26.7. The van der Waals surface area contributed by atoms with Crippen molar-refractivity contribution in [2.45, 2.75) is 32.1 Å². The molecule has 0 fully saturated rings. The maximum atomic E-state index is 12.6. The summed E-state index contributed by atoms with van der Waals surface area (Å²) in [5.74, 6) is -0.290. The van der Waals surface area contributed by atoms with Gasteiger partial charge in [-0.15, -0.1) is 0 Å². The first-order valence-corrected chi connectivity index (χ1v) is 8.32. The molecule has 3 heteroatoms. The summed E-state index contributed by atoms with van der Waals surface area (Å²) in [5, 5.41) is 0. The second kappa shape index (κ2) is 6.53. The lowest BCUT2D eigenvalue weighted by Gasteiger charge is -2.29. The number of hydrogen-bond donors (Lipinski definition) is 0. The number of hydrogen-bond acceptors (Lipinski definition) is 2. The number of benzene rings is 1. The molecule has 0 heterocycles. The Labute approximate surface area is 137 Å². The highest BCUT2D eigenvalue weighted by atomic mass is 16.2. The molecular weight excluding hydrogens is 286 g/mol. The lowest BCUT2D eigenvalue weighted by molar-refractivity contribution is -0.131. The summed E-state index contributed by atoms with van der Waals surface area (Å²) in [6.07, 6.45) is 9.30. The third-order valence-electron chi connectivity index (χ3n) is 4.71. The van der Waals surface area contributed by atoms with Crippen LogP contribution in [0.4, 0.5) is 0 Å². The standard InChI is InChI=1S/C20H23NO2/c1-21(2)20(23)18-13-19(22)16-11-7-6-10-15(16)17(18)12-14-8-4-3-5-9-14/h6-8,10-12,18H,3-5,9,13H2,1-2H3/b17-12-/t18-/m0/s1. The number of rotatable bonds is 2. The van der Waals surface area contributed by atoms with Gasteiger partial charge in [0.2, 0.25) is 5.91 Å². The van der Waals surface area contributed by atoms with Crippen LogP contribution in [0.2, 0.25) is 0 Å². The zero-order chi connectivity index (χ0) is 16.4. The van der Waals surface area contributed by atoms with Gasteiger partial charge in [-0.05, 0) is 36.8 Å². The van der Waals surface area contributed by atoms with Crippen molar-refractivity contribution < 1.29 is 9.59 Å². The molecule has 1 amide bonds. The monoisotopic (exact) mass is 309 g/mol. The van der Waals surface area contributed by atoms with Crippen molar-refractivity contribution in [3.8, 4) is 0 Å². The molecule has 1 atom stereocenters. The number of amides is 1. The topological polar surface area (TPSA) is 37.4 Å². The molecular formula is C20H23NO2. The number of Topliss-reactive ketones (excluding diaryl/α,β-unsaturated/α-hetero) is 1. The van der Waals surface area contributed by atoms with Crippen LogP contribution in [0.15, 0.2) is 42.0 Å². The van der Waals surface area contributed by atoms with E-state index < -0.39 is 0 Å². The van der Waals surface area contributed by atoms with Crippen molar-refractivity contribution in [1.82, 2.24) is 4.90 Å². The molecule has 0 saturated carbocycles. The van der Waals surface area contributed by atoms with Gasteiger partial charge in [-0.2, -0.15) is 0 Å². The number of ketones is 1. The van der Waals surface area contributed by atoms with Gasteiger partial charge in [-0.3, -0.25) is 9.59 Å². The van der Waals surface area contributed by atoms with Gasteiger partial charge in [0.1, 0.15) is 0 Å². The molecule has 2 aliphatic rings. The van der Waals surface area contributed by atoms with E-state index in [4.69, 9.17) is 0 Å². The molecule has 23 heavy (non-hydrogen) atoms. The molecule has 0 bridgehead atoms. The molecule has 0 aliphatic heterocycles. The van der Waals surface area contributed by atoms with E-state index in [0.717, 1.165) is 29.5 Å². The maximum absolute atomic E-state index is 12.6. The lowest BCUT2D eigenvalue weighted by atomic mass is 9.77. The van der Waals surface area contributed by atoms with Gasteiger partial charge in [0.05, 0.1) is 5.92 Å². The first-order valence-electron chi connectivity index (χ1n) is 8.32. The first kappa shape index (κ1) is 15.7. The number of carbonyl (C=O) groups is 2. The minimum atomic E-state index is -0.366. The Kier molecular flexibility index (Phi) is 4.46. The van der Waals surface area contributed by atoms with E-state index in [9.17, 15) is 9.59 Å². The minimum Gasteiger partial charge on any atom is -0.348 e. The molecule has 1 aromatic carbocycles. The zero-order valence-electron chi connectivity index (χ0n) is 13.8. The van der Waals surface area contributed by atoms with Gasteiger partial charge in [0.25, 0.3) is 0 Å². The van der Waals surface area contributed by atoms with E-state index in [-0.39, 0.29) is 24.0 Å². The van der Waals surface area contributed by atoms with E-state index in [1.165, 1.54) is 18.4 Å². The fourth-order valence-corrected chi connectivity index (χ4v) is 3.48. The average molecular weight is 309 g/mol. The fourth-order valence-electron chi connectivity index (χ4n) is 3.48. The Bertz CT molecular complexity index is 697. The van der Waals surface area contributed by atoms with Crippen molar-refractivity contribution in [2.24, 2.45) is 5.92 Å². The molecule has 1 aromatic rings. The van der Waals surface area contributed by atoms with Crippen LogP contribution in [0.25, 0.3) is 5.57 Å². The summed E-state index contributed by atoms with van der Waals surface area (Å²) < 4.78 is 0. The molecule has 0 spiro atoms. The van der Waals surface area contributed by atoms with Gasteiger partial charge >= 0.3 is 0 Å². The Morgan fingerprint density at radius 3 is 2.57 bits per heavy atom. The van der Waals surface area contributed by atoms with Crippen LogP contribution in [-0.4, -0.2) is 30.7 Å². The number of fused-ring (bicyclic) bond motifs is 1. The molecule has 0 aromatic heterocycles. The Balaban J connectivity index is 2.10. The fraction of sp³-hybridized carbons (Fsp3) is 0.400. The van der Waals surface area contributed by atoms with E-state index in [1.807, 2.05) is 24.3 Å². The van der Waals surface area contributed by atoms with Crippen LogP contribution >= 0.6 is 0 Å². The smallest absolute Gasteiger partial charge is 0.230 e. The normalized spacial score (nSPS) is 22.5. The molecule has 3 rings (SSSR count). The SMILES string of the molecule is CN(C)C(=O)[C@H]1CC(=O)c2ccccc2/C1=C/C1=CCCCC1. The Morgan fingerprint density at radius 1 is 1.17 bits per heavy atom. The first-order chi connectivity index (χ1) is 11.1. The number of nitrogens with zero attached hydrogens (tertiary/aromatic N) is 1. The van der Waals surface area contributed by atoms with E-state index in [0.29, 0.717) is 0 Å². The summed E-state index contributed by atoms with van der Waals surface area (Å²) >= 11 is 0. The van der Waals surface area contributed by atoms with Gasteiger partial charge in [0.15, 0.2) is 5.78 Å². The van der Waals surface area contributed by atoms with Crippen molar-refractivity contribution in [2.75, 3.05) is 14.1 Å². The van der Waals surface area contributed by atoms with Gasteiger partial charge in [0, 0.05) is 26.1 Å². The van der Waals surface area contributed by atoms with Crippen LogP contribution in [0.3, 0.4) is 0 Å². The minimum absolute atomic E-state index is 0.00973. The van der Waals surface area contributed by atoms with Crippen molar-refractivity contribution in [3.05, 3.63) is 53.1 Å². The molecule has 0 N–H and O–H groups in total. The van der Waals surface area contributed by atoms with Crippen LogP contribution in [0.5, 0.6) is 0 Å². The third-order valence-corrected chi connectivity index (χ3v) is 4.71. The maximum Gasteiger partial charge on any atom is 0.230 e.